The smallest absolute Gasteiger partial charge is 0.359 e. The van der Waals surface area contributed by atoms with E-state index in [0.29, 0.717) is 17.4 Å². The molecule has 10 heteroatoms. The first-order valence-electron chi connectivity index (χ1n) is 11.2. The van der Waals surface area contributed by atoms with Crippen LogP contribution >= 0.6 is 0 Å². The third-order valence-electron chi connectivity index (χ3n) is 6.14. The van der Waals surface area contributed by atoms with Gasteiger partial charge < -0.3 is 4.74 Å². The number of hydrogen-bond acceptors (Lipinski definition) is 8. The summed E-state index contributed by atoms with van der Waals surface area (Å²) in [5.74, 6) is 0.392. The molecule has 0 aromatic heterocycles. The Hall–Kier alpha value is -3.82. The van der Waals surface area contributed by atoms with Crippen LogP contribution in [0.15, 0.2) is 53.6 Å². The molecule has 0 aliphatic heterocycles. The number of nitrogens with zero attached hydrogens (tertiary/aromatic N) is 3. The summed E-state index contributed by atoms with van der Waals surface area (Å²) in [7, 11) is 0. The Balaban J connectivity index is 1.92. The van der Waals surface area contributed by atoms with E-state index in [4.69, 9.17) is 4.74 Å². The SMILES string of the molecule is CC1CCC(C(C)C)C(OC(=O)/C(=N/Nc2ccc([N+](=O)[O-])cc2[N+](=O)[O-])c2ccccc2)C1. The van der Waals surface area contributed by atoms with Crippen LogP contribution in [0.25, 0.3) is 0 Å². The Labute approximate surface area is 197 Å². The molecule has 34 heavy (non-hydrogen) atoms. The number of nitro groups is 2. The Morgan fingerprint density at radius 2 is 1.79 bits per heavy atom. The van der Waals surface area contributed by atoms with Gasteiger partial charge in [-0.05, 0) is 36.7 Å². The molecule has 1 N–H and O–H groups in total. The molecule has 1 fully saturated rings. The lowest BCUT2D eigenvalue weighted by Crippen LogP contribution is -2.37. The summed E-state index contributed by atoms with van der Waals surface area (Å²) in [5, 5.41) is 26.6. The zero-order valence-corrected chi connectivity index (χ0v) is 19.3. The predicted molar refractivity (Wildman–Crippen MR) is 128 cm³/mol. The Morgan fingerprint density at radius 1 is 1.09 bits per heavy atom. The molecule has 1 saturated carbocycles. The molecule has 2 aromatic carbocycles. The Bertz CT molecular complexity index is 1090. The van der Waals surface area contributed by atoms with E-state index >= 15 is 0 Å². The van der Waals surface area contributed by atoms with Crippen molar-refractivity contribution in [3.63, 3.8) is 0 Å². The fraction of sp³-hybridized carbons (Fsp3) is 0.417. The van der Waals surface area contributed by atoms with Gasteiger partial charge in [-0.25, -0.2) is 4.79 Å². The highest BCUT2D eigenvalue weighted by molar-refractivity contribution is 6.43. The summed E-state index contributed by atoms with van der Waals surface area (Å²) in [6.45, 7) is 6.37. The largest absolute Gasteiger partial charge is 0.457 e. The summed E-state index contributed by atoms with van der Waals surface area (Å²) < 4.78 is 5.94. The van der Waals surface area contributed by atoms with Crippen molar-refractivity contribution in [3.05, 3.63) is 74.3 Å². The first kappa shape index (κ1) is 24.8. The lowest BCUT2D eigenvalue weighted by molar-refractivity contribution is -0.393. The summed E-state index contributed by atoms with van der Waals surface area (Å²) in [4.78, 5) is 34.2. The maximum absolute atomic E-state index is 13.3. The second kappa shape index (κ2) is 10.9. The maximum atomic E-state index is 13.3. The van der Waals surface area contributed by atoms with Crippen LogP contribution in [0.5, 0.6) is 0 Å². The molecule has 3 rings (SSSR count). The average Bonchev–Trinajstić information content (AvgIpc) is 2.79. The number of esters is 1. The van der Waals surface area contributed by atoms with E-state index in [-0.39, 0.29) is 23.4 Å². The standard InChI is InChI=1S/C24H28N4O6/c1-15(2)19-11-9-16(3)13-22(19)34-24(29)23(17-7-5-4-6-8-17)26-25-20-12-10-18(27(30)31)14-21(20)28(32)33/h4-8,10,12,14-16,19,22,25H,9,11,13H2,1-3H3/b26-23+. The maximum Gasteiger partial charge on any atom is 0.359 e. The molecular formula is C24H28N4O6. The van der Waals surface area contributed by atoms with Crippen LogP contribution in [0.2, 0.25) is 0 Å². The van der Waals surface area contributed by atoms with Gasteiger partial charge in [-0.2, -0.15) is 5.10 Å². The van der Waals surface area contributed by atoms with Gasteiger partial charge in [0.1, 0.15) is 11.8 Å². The second-order valence-corrected chi connectivity index (χ2v) is 8.92. The van der Waals surface area contributed by atoms with Crippen molar-refractivity contribution in [3.8, 4) is 0 Å². The van der Waals surface area contributed by atoms with Crippen LogP contribution in [-0.2, 0) is 9.53 Å². The number of hydrazone groups is 1. The number of rotatable bonds is 8. The third kappa shape index (κ3) is 5.94. The van der Waals surface area contributed by atoms with Crippen molar-refractivity contribution >= 4 is 28.7 Å². The topological polar surface area (TPSA) is 137 Å². The number of carbonyl (C=O) groups is 1. The van der Waals surface area contributed by atoms with Crippen molar-refractivity contribution in [2.75, 3.05) is 5.43 Å². The molecule has 0 saturated heterocycles. The number of benzene rings is 2. The van der Waals surface area contributed by atoms with Crippen LogP contribution in [0, 0.1) is 38.0 Å². The molecule has 0 bridgehead atoms. The number of nitrogens with one attached hydrogen (secondary N) is 1. The van der Waals surface area contributed by atoms with Crippen LogP contribution in [0.3, 0.4) is 0 Å². The van der Waals surface area contributed by atoms with E-state index in [1.54, 1.807) is 30.3 Å². The van der Waals surface area contributed by atoms with Gasteiger partial charge in [-0.3, -0.25) is 25.7 Å². The van der Waals surface area contributed by atoms with Crippen LogP contribution in [0.1, 0.15) is 45.6 Å². The molecule has 3 atom stereocenters. The zero-order chi connectivity index (χ0) is 24.8. The minimum absolute atomic E-state index is 0.0333. The zero-order valence-electron chi connectivity index (χ0n) is 19.3. The molecule has 10 nitrogen and oxygen atoms in total. The molecule has 1 aliphatic rings. The fourth-order valence-corrected chi connectivity index (χ4v) is 4.26. The van der Waals surface area contributed by atoms with Crippen molar-refractivity contribution in [2.45, 2.75) is 46.1 Å². The molecule has 0 heterocycles. The van der Waals surface area contributed by atoms with Crippen molar-refractivity contribution in [2.24, 2.45) is 22.9 Å². The van der Waals surface area contributed by atoms with Gasteiger partial charge in [0, 0.05) is 11.6 Å². The minimum Gasteiger partial charge on any atom is -0.457 e. The van der Waals surface area contributed by atoms with Crippen molar-refractivity contribution < 1.29 is 19.4 Å². The van der Waals surface area contributed by atoms with E-state index in [9.17, 15) is 25.0 Å². The van der Waals surface area contributed by atoms with Gasteiger partial charge in [0.15, 0.2) is 5.71 Å². The van der Waals surface area contributed by atoms with Gasteiger partial charge >= 0.3 is 11.7 Å². The molecule has 0 amide bonds. The quantitative estimate of drug-likeness (QED) is 0.239. The Morgan fingerprint density at radius 3 is 2.41 bits per heavy atom. The highest BCUT2D eigenvalue weighted by atomic mass is 16.6. The van der Waals surface area contributed by atoms with Crippen molar-refractivity contribution in [1.82, 2.24) is 0 Å². The predicted octanol–water partition coefficient (Wildman–Crippen LogP) is 5.32. The van der Waals surface area contributed by atoms with Crippen molar-refractivity contribution in [1.29, 1.82) is 0 Å². The van der Waals surface area contributed by atoms with E-state index in [1.807, 2.05) is 0 Å². The van der Waals surface area contributed by atoms with E-state index in [1.165, 1.54) is 6.07 Å². The average molecular weight is 469 g/mol. The number of nitro benzene ring substituents is 2. The van der Waals surface area contributed by atoms with E-state index in [0.717, 1.165) is 31.4 Å². The molecule has 0 spiro atoms. The number of hydrogen-bond donors (Lipinski definition) is 1. The fourth-order valence-electron chi connectivity index (χ4n) is 4.26. The van der Waals surface area contributed by atoms with Gasteiger partial charge in [-0.15, -0.1) is 0 Å². The van der Waals surface area contributed by atoms with Gasteiger partial charge in [0.05, 0.1) is 15.9 Å². The molecule has 2 aromatic rings. The molecular weight excluding hydrogens is 440 g/mol. The monoisotopic (exact) mass is 468 g/mol. The van der Waals surface area contributed by atoms with Crippen LogP contribution in [0.4, 0.5) is 17.1 Å². The van der Waals surface area contributed by atoms with E-state index in [2.05, 4.69) is 31.3 Å². The number of carbonyl (C=O) groups excluding carboxylic acids is 1. The Kier molecular flexibility index (Phi) is 7.93. The molecule has 1 aliphatic carbocycles. The first-order chi connectivity index (χ1) is 16.2. The third-order valence-corrected chi connectivity index (χ3v) is 6.14. The summed E-state index contributed by atoms with van der Waals surface area (Å²) >= 11 is 0. The molecule has 180 valence electrons. The highest BCUT2D eigenvalue weighted by Crippen LogP contribution is 2.35. The van der Waals surface area contributed by atoms with E-state index < -0.39 is 27.2 Å². The minimum atomic E-state index is -0.748. The second-order valence-electron chi connectivity index (χ2n) is 8.92. The summed E-state index contributed by atoms with van der Waals surface area (Å²) in [6, 6.07) is 11.8. The first-order valence-corrected chi connectivity index (χ1v) is 11.2. The highest BCUT2D eigenvalue weighted by Gasteiger charge is 2.34. The summed E-state index contributed by atoms with van der Waals surface area (Å²) in [6.07, 6.45) is 2.57. The van der Waals surface area contributed by atoms with Gasteiger partial charge in [0.2, 0.25) is 0 Å². The van der Waals surface area contributed by atoms with Crippen LogP contribution < -0.4 is 5.43 Å². The van der Waals surface area contributed by atoms with Gasteiger partial charge in [-0.1, -0.05) is 57.5 Å². The number of anilines is 1. The number of non-ortho nitro benzene ring substituents is 1. The molecule has 3 unspecified atom stereocenters. The summed E-state index contributed by atoms with van der Waals surface area (Å²) in [5.41, 5.74) is 1.96. The van der Waals surface area contributed by atoms with Crippen LogP contribution in [-0.4, -0.2) is 27.6 Å². The normalized spacial score (nSPS) is 20.6. The lowest BCUT2D eigenvalue weighted by Gasteiger charge is -2.36. The molecule has 0 radical (unpaired) electrons. The number of ether oxygens (including phenoxy) is 1. The lowest BCUT2D eigenvalue weighted by atomic mass is 9.75. The van der Waals surface area contributed by atoms with Gasteiger partial charge in [0.25, 0.3) is 5.69 Å².